The molecule has 5 heteroatoms. The molecule has 4 aromatic rings. The first-order valence-corrected chi connectivity index (χ1v) is 9.14. The lowest BCUT2D eigenvalue weighted by Gasteiger charge is -2.00. The van der Waals surface area contributed by atoms with E-state index in [4.69, 9.17) is 21.0 Å². The molecule has 0 unspecified atom stereocenters. The maximum atomic E-state index is 12.4. The van der Waals surface area contributed by atoms with Crippen LogP contribution in [0.25, 0.3) is 32.8 Å². The molecule has 0 radical (unpaired) electrons. The molecule has 0 bridgehead atoms. The summed E-state index contributed by atoms with van der Waals surface area (Å²) in [5.41, 5.74) is 2.61. The number of aromatic nitrogens is 1. The highest BCUT2D eigenvalue weighted by atomic mass is 35.5. The quantitative estimate of drug-likeness (QED) is 0.430. The number of thiazole rings is 1. The number of fused-ring (bicyclic) bond motifs is 1. The normalized spacial score (nSPS) is 11.1. The van der Waals surface area contributed by atoms with E-state index in [0.29, 0.717) is 21.2 Å². The van der Waals surface area contributed by atoms with E-state index in [1.807, 2.05) is 48.5 Å². The van der Waals surface area contributed by atoms with Gasteiger partial charge in [0.2, 0.25) is 0 Å². The molecular formula is C20H14ClNO2S. The number of hydrogen-bond donors (Lipinski definition) is 0. The van der Waals surface area contributed by atoms with Crippen molar-refractivity contribution in [3.05, 3.63) is 74.9 Å². The highest BCUT2D eigenvalue weighted by Gasteiger charge is 2.16. The average molecular weight is 368 g/mol. The largest absolute Gasteiger partial charge is 0.422 e. The van der Waals surface area contributed by atoms with Gasteiger partial charge in [0.05, 0.1) is 11.3 Å². The Morgan fingerprint density at radius 2 is 1.88 bits per heavy atom. The highest BCUT2D eigenvalue weighted by molar-refractivity contribution is 7.15. The number of nitrogens with zero attached hydrogens (tertiary/aromatic N) is 1. The molecule has 3 nitrogen and oxygen atoms in total. The molecule has 124 valence electrons. The number of para-hydroxylation sites is 1. The molecule has 0 aliphatic carbocycles. The third-order valence-electron chi connectivity index (χ3n) is 4.01. The van der Waals surface area contributed by atoms with E-state index in [2.05, 4.69) is 6.92 Å². The summed E-state index contributed by atoms with van der Waals surface area (Å²) >= 11 is 7.51. The first-order chi connectivity index (χ1) is 12.2. The lowest BCUT2D eigenvalue weighted by atomic mass is 10.1. The molecule has 2 heterocycles. The lowest BCUT2D eigenvalue weighted by molar-refractivity contribution is 0.563. The fourth-order valence-corrected chi connectivity index (χ4v) is 3.90. The summed E-state index contributed by atoms with van der Waals surface area (Å²) in [5.74, 6) is 0. The van der Waals surface area contributed by atoms with Crippen molar-refractivity contribution in [2.45, 2.75) is 13.3 Å². The van der Waals surface area contributed by atoms with Gasteiger partial charge >= 0.3 is 5.63 Å². The van der Waals surface area contributed by atoms with E-state index < -0.39 is 0 Å². The van der Waals surface area contributed by atoms with Crippen molar-refractivity contribution < 1.29 is 4.42 Å². The Morgan fingerprint density at radius 1 is 1.12 bits per heavy atom. The third kappa shape index (κ3) is 2.99. The Morgan fingerprint density at radius 3 is 2.64 bits per heavy atom. The summed E-state index contributed by atoms with van der Waals surface area (Å²) in [6.07, 6.45) is 0.842. The maximum absolute atomic E-state index is 12.4. The van der Waals surface area contributed by atoms with Gasteiger partial charge in [-0.3, -0.25) is 0 Å². The summed E-state index contributed by atoms with van der Waals surface area (Å²) < 4.78 is 5.45. The molecule has 0 saturated carbocycles. The molecular weight excluding hydrogens is 354 g/mol. The number of rotatable bonds is 3. The van der Waals surface area contributed by atoms with Gasteiger partial charge in [0.25, 0.3) is 0 Å². The summed E-state index contributed by atoms with van der Waals surface area (Å²) in [5, 5.41) is 2.26. The van der Waals surface area contributed by atoms with Crippen molar-refractivity contribution in [3.8, 4) is 21.8 Å². The smallest absolute Gasteiger partial charge is 0.346 e. The first kappa shape index (κ1) is 16.1. The van der Waals surface area contributed by atoms with E-state index in [0.717, 1.165) is 27.9 Å². The fourth-order valence-electron chi connectivity index (χ4n) is 2.75. The second-order valence-corrected chi connectivity index (χ2v) is 7.16. The van der Waals surface area contributed by atoms with Crippen LogP contribution < -0.4 is 5.63 Å². The Balaban J connectivity index is 1.88. The second kappa shape index (κ2) is 6.47. The van der Waals surface area contributed by atoms with Crippen LogP contribution in [-0.4, -0.2) is 4.98 Å². The minimum atomic E-state index is -0.363. The molecule has 0 aliphatic heterocycles. The zero-order chi connectivity index (χ0) is 17.4. The van der Waals surface area contributed by atoms with Crippen molar-refractivity contribution in [1.29, 1.82) is 0 Å². The molecule has 0 amide bonds. The second-order valence-electron chi connectivity index (χ2n) is 5.64. The van der Waals surface area contributed by atoms with Gasteiger partial charge in [0.1, 0.15) is 10.6 Å². The fraction of sp³-hybridized carbons (Fsp3) is 0.100. The van der Waals surface area contributed by atoms with Crippen LogP contribution in [-0.2, 0) is 6.42 Å². The van der Waals surface area contributed by atoms with E-state index >= 15 is 0 Å². The Hall–Kier alpha value is -2.43. The number of aryl methyl sites for hydroxylation is 1. The van der Waals surface area contributed by atoms with Crippen LogP contribution in [0.4, 0.5) is 0 Å². The van der Waals surface area contributed by atoms with Crippen LogP contribution in [0.1, 0.15) is 11.8 Å². The van der Waals surface area contributed by atoms with Gasteiger partial charge in [0, 0.05) is 20.8 Å². The van der Waals surface area contributed by atoms with Gasteiger partial charge in [-0.15, -0.1) is 11.3 Å². The Bertz CT molecular complexity index is 1110. The van der Waals surface area contributed by atoms with Crippen molar-refractivity contribution in [2.75, 3.05) is 0 Å². The van der Waals surface area contributed by atoms with Crippen molar-refractivity contribution >= 4 is 33.9 Å². The van der Waals surface area contributed by atoms with Crippen LogP contribution in [0.15, 0.2) is 63.8 Å². The van der Waals surface area contributed by atoms with Crippen LogP contribution in [0, 0.1) is 0 Å². The third-order valence-corrected chi connectivity index (χ3v) is 5.49. The van der Waals surface area contributed by atoms with Gasteiger partial charge in [-0.05, 0) is 30.7 Å². The van der Waals surface area contributed by atoms with E-state index in [1.165, 1.54) is 11.3 Å². The first-order valence-electron chi connectivity index (χ1n) is 7.94. The Kier molecular flexibility index (Phi) is 4.15. The predicted octanol–water partition coefficient (Wildman–Crippen LogP) is 5.80. The van der Waals surface area contributed by atoms with Gasteiger partial charge in [-0.1, -0.05) is 48.9 Å². The summed E-state index contributed by atoms with van der Waals surface area (Å²) in [7, 11) is 0. The van der Waals surface area contributed by atoms with E-state index in [-0.39, 0.29) is 5.63 Å². The summed E-state index contributed by atoms with van der Waals surface area (Å²) in [6, 6.07) is 16.9. The average Bonchev–Trinajstić information content (AvgIpc) is 3.06. The molecule has 0 saturated heterocycles. The zero-order valence-corrected chi connectivity index (χ0v) is 15.0. The summed E-state index contributed by atoms with van der Waals surface area (Å²) in [6.45, 7) is 2.08. The molecule has 0 fully saturated rings. The van der Waals surface area contributed by atoms with Gasteiger partial charge < -0.3 is 4.42 Å². The topological polar surface area (TPSA) is 43.1 Å². The lowest BCUT2D eigenvalue weighted by Crippen LogP contribution is -2.02. The standard InChI is InChI=1S/C20H14ClNO2S/c1-2-17-18(12-7-9-14(21)10-8-12)22-19(25-17)15-11-13-5-3-4-6-16(13)24-20(15)23/h3-11H,2H2,1H3. The van der Waals surface area contributed by atoms with E-state index in [9.17, 15) is 4.79 Å². The van der Waals surface area contributed by atoms with Crippen LogP contribution >= 0.6 is 22.9 Å². The minimum Gasteiger partial charge on any atom is -0.422 e. The molecule has 0 N–H and O–H groups in total. The molecule has 0 spiro atoms. The van der Waals surface area contributed by atoms with Crippen LogP contribution in [0.5, 0.6) is 0 Å². The number of halogens is 1. The van der Waals surface area contributed by atoms with Crippen molar-refractivity contribution in [3.63, 3.8) is 0 Å². The van der Waals surface area contributed by atoms with Gasteiger partial charge in [-0.2, -0.15) is 0 Å². The molecule has 4 rings (SSSR count). The minimum absolute atomic E-state index is 0.363. The van der Waals surface area contributed by atoms with Crippen LogP contribution in [0.2, 0.25) is 5.02 Å². The SMILES string of the molecule is CCc1sc(-c2cc3ccccc3oc2=O)nc1-c1ccc(Cl)cc1. The monoisotopic (exact) mass is 367 g/mol. The molecule has 0 atom stereocenters. The van der Waals surface area contributed by atoms with Crippen molar-refractivity contribution in [1.82, 2.24) is 4.98 Å². The van der Waals surface area contributed by atoms with Gasteiger partial charge in [0.15, 0.2) is 0 Å². The predicted molar refractivity (Wildman–Crippen MR) is 103 cm³/mol. The Labute approximate surface area is 153 Å². The molecule has 2 aromatic heterocycles. The molecule has 25 heavy (non-hydrogen) atoms. The maximum Gasteiger partial charge on any atom is 0.346 e. The van der Waals surface area contributed by atoms with Gasteiger partial charge in [-0.25, -0.2) is 9.78 Å². The van der Waals surface area contributed by atoms with E-state index in [1.54, 1.807) is 6.07 Å². The molecule has 2 aromatic carbocycles. The summed E-state index contributed by atoms with van der Waals surface area (Å²) in [4.78, 5) is 18.3. The molecule has 0 aliphatic rings. The van der Waals surface area contributed by atoms with Crippen LogP contribution in [0.3, 0.4) is 0 Å². The number of benzene rings is 2. The zero-order valence-electron chi connectivity index (χ0n) is 13.5. The number of hydrogen-bond acceptors (Lipinski definition) is 4. The van der Waals surface area contributed by atoms with Crippen molar-refractivity contribution in [2.24, 2.45) is 0 Å². The highest BCUT2D eigenvalue weighted by Crippen LogP contribution is 2.34.